The summed E-state index contributed by atoms with van der Waals surface area (Å²) in [4.78, 5) is 14.8. The Balaban J connectivity index is 1.93. The molecule has 1 amide bonds. The fourth-order valence-electron chi connectivity index (χ4n) is 3.08. The number of amides is 1. The van der Waals surface area contributed by atoms with Gasteiger partial charge in [-0.1, -0.05) is 54.1 Å². The van der Waals surface area contributed by atoms with Crippen LogP contribution in [0.4, 0.5) is 0 Å². The predicted molar refractivity (Wildman–Crippen MR) is 101 cm³/mol. The molecule has 1 aliphatic rings. The van der Waals surface area contributed by atoms with E-state index in [0.717, 1.165) is 19.3 Å². The van der Waals surface area contributed by atoms with Crippen molar-refractivity contribution in [1.82, 2.24) is 9.62 Å². The molecular formula is C19H21ClN2O3S. The zero-order chi connectivity index (χ0) is 18.6. The lowest BCUT2D eigenvalue weighted by molar-refractivity contribution is -0.134. The van der Waals surface area contributed by atoms with E-state index in [1.165, 1.54) is 12.1 Å². The van der Waals surface area contributed by atoms with Crippen LogP contribution in [0.2, 0.25) is 5.02 Å². The summed E-state index contributed by atoms with van der Waals surface area (Å²) in [5.74, 6) is -0.230. The minimum absolute atomic E-state index is 0.0333. The fourth-order valence-corrected chi connectivity index (χ4v) is 4.78. The minimum Gasteiger partial charge on any atom is -0.341 e. The fraction of sp³-hybridized carbons (Fsp3) is 0.316. The van der Waals surface area contributed by atoms with Crippen molar-refractivity contribution in [2.24, 2.45) is 0 Å². The number of nitrogens with zero attached hydrogens (tertiary/aromatic N) is 1. The first-order chi connectivity index (χ1) is 12.5. The highest BCUT2D eigenvalue weighted by molar-refractivity contribution is 7.89. The van der Waals surface area contributed by atoms with Crippen LogP contribution in [0, 0.1) is 0 Å². The average Bonchev–Trinajstić information content (AvgIpc) is 2.67. The minimum atomic E-state index is -3.95. The third-order valence-corrected chi connectivity index (χ3v) is 6.37. The van der Waals surface area contributed by atoms with Gasteiger partial charge in [0, 0.05) is 13.1 Å². The summed E-state index contributed by atoms with van der Waals surface area (Å²) in [6.07, 6.45) is 2.96. The van der Waals surface area contributed by atoms with Gasteiger partial charge in [-0.25, -0.2) is 8.42 Å². The Bertz CT molecular complexity index is 865. The molecule has 1 heterocycles. The Morgan fingerprint density at radius 2 is 1.58 bits per heavy atom. The molecule has 3 rings (SSSR count). The summed E-state index contributed by atoms with van der Waals surface area (Å²) >= 11 is 6.05. The number of nitrogens with one attached hydrogen (secondary N) is 1. The van der Waals surface area contributed by atoms with Gasteiger partial charge in [0.2, 0.25) is 15.9 Å². The highest BCUT2D eigenvalue weighted by Crippen LogP contribution is 2.25. The van der Waals surface area contributed by atoms with Crippen LogP contribution in [-0.2, 0) is 14.8 Å². The van der Waals surface area contributed by atoms with Gasteiger partial charge in [-0.3, -0.25) is 4.79 Å². The van der Waals surface area contributed by atoms with E-state index in [1.807, 2.05) is 6.07 Å². The number of carbonyl (C=O) groups excluding carboxylic acids is 1. The molecule has 0 saturated carbocycles. The zero-order valence-electron chi connectivity index (χ0n) is 14.3. The number of carbonyl (C=O) groups is 1. The normalized spacial score (nSPS) is 16.3. The van der Waals surface area contributed by atoms with Gasteiger partial charge in [0.25, 0.3) is 0 Å². The first-order valence-electron chi connectivity index (χ1n) is 8.59. The number of rotatable bonds is 5. The summed E-state index contributed by atoms with van der Waals surface area (Å²) < 4.78 is 28.3. The molecular weight excluding hydrogens is 372 g/mol. The molecule has 1 N–H and O–H groups in total. The van der Waals surface area contributed by atoms with Gasteiger partial charge in [-0.05, 0) is 37.0 Å². The van der Waals surface area contributed by atoms with Crippen LogP contribution in [-0.4, -0.2) is 32.3 Å². The molecule has 2 aromatic carbocycles. The molecule has 5 nitrogen and oxygen atoms in total. The molecule has 2 aromatic rings. The van der Waals surface area contributed by atoms with Crippen molar-refractivity contribution in [3.8, 4) is 0 Å². The molecule has 1 saturated heterocycles. The lowest BCUT2D eigenvalue weighted by Gasteiger charge is -2.31. The number of piperidine rings is 1. The van der Waals surface area contributed by atoms with Crippen molar-refractivity contribution in [2.45, 2.75) is 30.2 Å². The number of likely N-dealkylation sites (tertiary alicyclic amines) is 1. The van der Waals surface area contributed by atoms with Crippen LogP contribution < -0.4 is 4.72 Å². The van der Waals surface area contributed by atoms with Crippen molar-refractivity contribution in [3.63, 3.8) is 0 Å². The lowest BCUT2D eigenvalue weighted by Crippen LogP contribution is -2.44. The zero-order valence-corrected chi connectivity index (χ0v) is 15.8. The van der Waals surface area contributed by atoms with Gasteiger partial charge in [0.1, 0.15) is 10.9 Å². The summed E-state index contributed by atoms with van der Waals surface area (Å²) in [6.45, 7) is 1.30. The highest BCUT2D eigenvalue weighted by Gasteiger charge is 2.31. The smallest absolute Gasteiger partial charge is 0.245 e. The predicted octanol–water partition coefficient (Wildman–Crippen LogP) is 3.37. The quantitative estimate of drug-likeness (QED) is 0.848. The Hall–Kier alpha value is -1.89. The molecule has 0 bridgehead atoms. The van der Waals surface area contributed by atoms with Gasteiger partial charge in [-0.2, -0.15) is 4.72 Å². The van der Waals surface area contributed by atoms with E-state index < -0.39 is 16.1 Å². The van der Waals surface area contributed by atoms with Gasteiger partial charge >= 0.3 is 0 Å². The molecule has 1 aliphatic heterocycles. The van der Waals surface area contributed by atoms with Crippen molar-refractivity contribution in [1.29, 1.82) is 0 Å². The van der Waals surface area contributed by atoms with E-state index in [4.69, 9.17) is 11.6 Å². The van der Waals surface area contributed by atoms with E-state index in [-0.39, 0.29) is 15.8 Å². The van der Waals surface area contributed by atoms with E-state index in [9.17, 15) is 13.2 Å². The molecule has 7 heteroatoms. The second-order valence-corrected chi connectivity index (χ2v) is 8.37. The Labute approximate surface area is 159 Å². The Morgan fingerprint density at radius 3 is 2.23 bits per heavy atom. The lowest BCUT2D eigenvalue weighted by atomic mass is 10.0. The van der Waals surface area contributed by atoms with Crippen molar-refractivity contribution in [2.75, 3.05) is 13.1 Å². The van der Waals surface area contributed by atoms with Crippen LogP contribution in [0.5, 0.6) is 0 Å². The first-order valence-corrected chi connectivity index (χ1v) is 10.5. The van der Waals surface area contributed by atoms with Crippen molar-refractivity contribution in [3.05, 3.63) is 65.2 Å². The third-order valence-electron chi connectivity index (χ3n) is 4.45. The number of hydrogen-bond acceptors (Lipinski definition) is 3. The Morgan fingerprint density at radius 1 is 0.962 bits per heavy atom. The number of sulfonamides is 1. The maximum atomic E-state index is 13.1. The molecule has 0 radical (unpaired) electrons. The van der Waals surface area contributed by atoms with Gasteiger partial charge in [0.05, 0.1) is 5.02 Å². The summed E-state index contributed by atoms with van der Waals surface area (Å²) in [7, 11) is -3.95. The van der Waals surface area contributed by atoms with E-state index in [0.29, 0.717) is 18.7 Å². The SMILES string of the molecule is O=C([C@@H](NS(=O)(=O)c1ccccc1Cl)c1ccccc1)N1CCCCC1. The van der Waals surface area contributed by atoms with Gasteiger partial charge in [0.15, 0.2) is 0 Å². The van der Waals surface area contributed by atoms with Gasteiger partial charge in [-0.15, -0.1) is 0 Å². The van der Waals surface area contributed by atoms with Crippen LogP contribution in [0.1, 0.15) is 30.9 Å². The van der Waals surface area contributed by atoms with E-state index in [1.54, 1.807) is 41.3 Å². The number of benzene rings is 2. The standard InChI is InChI=1S/C19H21ClN2O3S/c20-16-11-5-6-12-17(16)26(24,25)21-18(15-9-3-1-4-10-15)19(23)22-13-7-2-8-14-22/h1,3-6,9-12,18,21H,2,7-8,13-14H2/t18-/m0/s1. The van der Waals surface area contributed by atoms with Crippen molar-refractivity contribution < 1.29 is 13.2 Å². The number of halogens is 1. The molecule has 0 aliphatic carbocycles. The molecule has 26 heavy (non-hydrogen) atoms. The van der Waals surface area contributed by atoms with Crippen LogP contribution >= 0.6 is 11.6 Å². The Kier molecular flexibility index (Phi) is 5.96. The maximum Gasteiger partial charge on any atom is 0.245 e. The van der Waals surface area contributed by atoms with Gasteiger partial charge < -0.3 is 4.90 Å². The second kappa shape index (κ2) is 8.20. The molecule has 1 fully saturated rings. The number of hydrogen-bond donors (Lipinski definition) is 1. The van der Waals surface area contributed by atoms with Crippen LogP contribution in [0.25, 0.3) is 0 Å². The third kappa shape index (κ3) is 4.26. The van der Waals surface area contributed by atoms with Crippen molar-refractivity contribution >= 4 is 27.5 Å². The average molecular weight is 393 g/mol. The molecule has 1 atom stereocenters. The molecule has 138 valence electrons. The molecule has 0 spiro atoms. The molecule has 0 unspecified atom stereocenters. The summed E-state index contributed by atoms with van der Waals surface area (Å²) in [6, 6.07) is 14.1. The van der Waals surface area contributed by atoms with E-state index >= 15 is 0 Å². The second-order valence-electron chi connectivity index (χ2n) is 6.28. The highest BCUT2D eigenvalue weighted by atomic mass is 35.5. The maximum absolute atomic E-state index is 13.1. The van der Waals surface area contributed by atoms with Crippen LogP contribution in [0.15, 0.2) is 59.5 Å². The van der Waals surface area contributed by atoms with Crippen LogP contribution in [0.3, 0.4) is 0 Å². The topological polar surface area (TPSA) is 66.5 Å². The molecule has 0 aromatic heterocycles. The summed E-state index contributed by atoms with van der Waals surface area (Å²) in [5.41, 5.74) is 0.610. The summed E-state index contributed by atoms with van der Waals surface area (Å²) in [5, 5.41) is 0.122. The first kappa shape index (κ1) is 18.9. The van der Waals surface area contributed by atoms with E-state index in [2.05, 4.69) is 4.72 Å². The largest absolute Gasteiger partial charge is 0.341 e. The monoisotopic (exact) mass is 392 g/mol.